The first-order valence-electron chi connectivity index (χ1n) is 7.91. The van der Waals surface area contributed by atoms with Gasteiger partial charge in [-0.2, -0.15) is 5.10 Å². The minimum atomic E-state index is 0.341. The summed E-state index contributed by atoms with van der Waals surface area (Å²) >= 11 is 1.84. The molecule has 0 aromatic carbocycles. The Hall–Kier alpha value is -1.20. The Morgan fingerprint density at radius 1 is 1.38 bits per heavy atom. The van der Waals surface area contributed by atoms with Crippen LogP contribution in [-0.2, 0) is 6.54 Å². The molecule has 21 heavy (non-hydrogen) atoms. The predicted molar refractivity (Wildman–Crippen MR) is 86.6 cm³/mol. The van der Waals surface area contributed by atoms with E-state index in [0.717, 1.165) is 12.5 Å². The van der Waals surface area contributed by atoms with Gasteiger partial charge >= 0.3 is 0 Å². The maximum Gasteiger partial charge on any atom is 0.0959 e. The first-order chi connectivity index (χ1) is 10.2. The second kappa shape index (κ2) is 6.71. The maximum absolute atomic E-state index is 4.82. The van der Waals surface area contributed by atoms with E-state index < -0.39 is 0 Å². The molecule has 0 amide bonds. The molecule has 4 nitrogen and oxygen atoms in total. The summed E-state index contributed by atoms with van der Waals surface area (Å²) in [4.78, 5) is 4.82. The second-order valence-electron chi connectivity index (χ2n) is 6.05. The smallest absolute Gasteiger partial charge is 0.0959 e. The Bertz CT molecular complexity index is 542. The summed E-state index contributed by atoms with van der Waals surface area (Å²) in [5, 5.41) is 11.4. The Balaban J connectivity index is 1.52. The quantitative estimate of drug-likeness (QED) is 0.884. The predicted octanol–water partition coefficient (Wildman–Crippen LogP) is 3.74. The average molecular weight is 304 g/mol. The van der Waals surface area contributed by atoms with Gasteiger partial charge in [0.1, 0.15) is 0 Å². The van der Waals surface area contributed by atoms with Crippen LogP contribution in [0.5, 0.6) is 0 Å². The summed E-state index contributed by atoms with van der Waals surface area (Å²) in [5.74, 6) is 0.726. The van der Waals surface area contributed by atoms with Crippen molar-refractivity contribution in [1.29, 1.82) is 0 Å². The van der Waals surface area contributed by atoms with Crippen LogP contribution in [0.3, 0.4) is 0 Å². The molecule has 0 unspecified atom stereocenters. The highest BCUT2D eigenvalue weighted by Crippen LogP contribution is 2.35. The zero-order chi connectivity index (χ0) is 14.7. The summed E-state index contributed by atoms with van der Waals surface area (Å²) in [6.45, 7) is 5.24. The lowest BCUT2D eigenvalue weighted by Gasteiger charge is -2.21. The third-order valence-electron chi connectivity index (χ3n) is 4.54. The largest absolute Gasteiger partial charge is 0.306 e. The van der Waals surface area contributed by atoms with E-state index in [0.29, 0.717) is 12.1 Å². The molecule has 0 aliphatic heterocycles. The highest BCUT2D eigenvalue weighted by molar-refractivity contribution is 7.09. The molecule has 0 spiro atoms. The Labute approximate surface area is 130 Å². The summed E-state index contributed by atoms with van der Waals surface area (Å²) in [7, 11) is 0. The number of nitrogens with one attached hydrogen (secondary N) is 1. The van der Waals surface area contributed by atoms with Crippen LogP contribution >= 0.6 is 11.3 Å². The first kappa shape index (κ1) is 14.7. The third kappa shape index (κ3) is 3.52. The van der Waals surface area contributed by atoms with E-state index in [4.69, 9.17) is 4.98 Å². The van der Waals surface area contributed by atoms with Crippen LogP contribution in [-0.4, -0.2) is 20.8 Å². The van der Waals surface area contributed by atoms with Crippen LogP contribution in [0.4, 0.5) is 0 Å². The fourth-order valence-corrected chi connectivity index (χ4v) is 3.94. The molecule has 114 valence electrons. The molecule has 0 bridgehead atoms. The molecule has 5 heteroatoms. The second-order valence-corrected chi connectivity index (χ2v) is 6.94. The van der Waals surface area contributed by atoms with Crippen LogP contribution in [0, 0.1) is 0 Å². The molecule has 0 radical (unpaired) electrons. The lowest BCUT2D eigenvalue weighted by atomic mass is 10.1. The molecule has 0 saturated heterocycles. The van der Waals surface area contributed by atoms with Crippen molar-refractivity contribution >= 4 is 11.3 Å². The zero-order valence-corrected chi connectivity index (χ0v) is 13.6. The zero-order valence-electron chi connectivity index (χ0n) is 12.8. The SMILES string of the molecule is C[C@H](NCc1csc(C2CCCC2)n1)[C@H](C)n1cccn1. The van der Waals surface area contributed by atoms with Gasteiger partial charge in [0.05, 0.1) is 16.7 Å². The molecule has 1 saturated carbocycles. The lowest BCUT2D eigenvalue weighted by molar-refractivity contribution is 0.364. The van der Waals surface area contributed by atoms with Gasteiger partial charge in [-0.3, -0.25) is 4.68 Å². The number of hydrogen-bond acceptors (Lipinski definition) is 4. The average Bonchev–Trinajstić information content (AvgIpc) is 3.25. The van der Waals surface area contributed by atoms with Crippen molar-refractivity contribution in [3.63, 3.8) is 0 Å². The molecule has 2 aromatic heterocycles. The number of thiazole rings is 1. The van der Waals surface area contributed by atoms with Crippen molar-refractivity contribution in [2.24, 2.45) is 0 Å². The topological polar surface area (TPSA) is 42.7 Å². The molecular formula is C16H24N4S. The minimum Gasteiger partial charge on any atom is -0.306 e. The number of nitrogens with zero attached hydrogens (tertiary/aromatic N) is 3. The Kier molecular flexibility index (Phi) is 4.70. The Morgan fingerprint density at radius 2 is 2.19 bits per heavy atom. The van der Waals surface area contributed by atoms with Gasteiger partial charge < -0.3 is 5.32 Å². The van der Waals surface area contributed by atoms with Gasteiger partial charge in [0, 0.05) is 36.3 Å². The normalized spacial score (nSPS) is 19.0. The maximum atomic E-state index is 4.82. The molecule has 2 aromatic rings. The molecule has 3 rings (SSSR count). The van der Waals surface area contributed by atoms with E-state index in [9.17, 15) is 0 Å². The highest BCUT2D eigenvalue weighted by Gasteiger charge is 2.20. The van der Waals surface area contributed by atoms with Gasteiger partial charge in [0.2, 0.25) is 0 Å². The molecule has 2 atom stereocenters. The van der Waals surface area contributed by atoms with E-state index in [2.05, 4.69) is 29.6 Å². The highest BCUT2D eigenvalue weighted by atomic mass is 32.1. The molecule has 1 aliphatic rings. The number of hydrogen-bond donors (Lipinski definition) is 1. The van der Waals surface area contributed by atoms with Gasteiger partial charge in [-0.25, -0.2) is 4.98 Å². The van der Waals surface area contributed by atoms with Crippen molar-refractivity contribution < 1.29 is 0 Å². The first-order valence-corrected chi connectivity index (χ1v) is 8.79. The molecule has 1 N–H and O–H groups in total. The van der Waals surface area contributed by atoms with E-state index >= 15 is 0 Å². The monoisotopic (exact) mass is 304 g/mol. The molecule has 1 aliphatic carbocycles. The van der Waals surface area contributed by atoms with Crippen LogP contribution in [0.1, 0.15) is 62.2 Å². The van der Waals surface area contributed by atoms with Crippen LogP contribution in [0.25, 0.3) is 0 Å². The van der Waals surface area contributed by atoms with Crippen molar-refractivity contribution in [2.75, 3.05) is 0 Å². The van der Waals surface area contributed by atoms with E-state index in [1.807, 2.05) is 34.5 Å². The lowest BCUT2D eigenvalue weighted by Crippen LogP contribution is -2.33. The molecule has 1 fully saturated rings. The molecular weight excluding hydrogens is 280 g/mol. The van der Waals surface area contributed by atoms with Crippen molar-refractivity contribution in [3.8, 4) is 0 Å². The molecule has 2 heterocycles. The van der Waals surface area contributed by atoms with Gasteiger partial charge in [-0.1, -0.05) is 12.8 Å². The van der Waals surface area contributed by atoms with Crippen LogP contribution in [0.2, 0.25) is 0 Å². The number of aromatic nitrogens is 3. The fourth-order valence-electron chi connectivity index (χ4n) is 2.95. The summed E-state index contributed by atoms with van der Waals surface area (Å²) in [5.41, 5.74) is 1.18. The summed E-state index contributed by atoms with van der Waals surface area (Å²) in [6, 6.07) is 2.67. The van der Waals surface area contributed by atoms with Crippen LogP contribution in [0.15, 0.2) is 23.8 Å². The van der Waals surface area contributed by atoms with Crippen molar-refractivity contribution in [2.45, 2.75) is 64.1 Å². The van der Waals surface area contributed by atoms with Crippen molar-refractivity contribution in [3.05, 3.63) is 34.5 Å². The number of rotatable bonds is 6. The minimum absolute atomic E-state index is 0.341. The summed E-state index contributed by atoms with van der Waals surface area (Å²) < 4.78 is 2.00. The van der Waals surface area contributed by atoms with Crippen molar-refractivity contribution in [1.82, 2.24) is 20.1 Å². The van der Waals surface area contributed by atoms with Crippen LogP contribution < -0.4 is 5.32 Å². The third-order valence-corrected chi connectivity index (χ3v) is 5.60. The Morgan fingerprint density at radius 3 is 2.90 bits per heavy atom. The van der Waals surface area contributed by atoms with E-state index in [1.165, 1.54) is 36.4 Å². The van der Waals surface area contributed by atoms with E-state index in [-0.39, 0.29) is 0 Å². The van der Waals surface area contributed by atoms with Gasteiger partial charge in [0.25, 0.3) is 0 Å². The van der Waals surface area contributed by atoms with Gasteiger partial charge in [-0.15, -0.1) is 11.3 Å². The van der Waals surface area contributed by atoms with E-state index in [1.54, 1.807) is 0 Å². The fraction of sp³-hybridized carbons (Fsp3) is 0.625. The van der Waals surface area contributed by atoms with Gasteiger partial charge in [0.15, 0.2) is 0 Å². The summed E-state index contributed by atoms with van der Waals surface area (Å²) in [6.07, 6.45) is 9.24. The standard InChI is InChI=1S/C16H24N4S/c1-12(13(2)20-9-5-8-18-20)17-10-15-11-21-16(19-15)14-6-3-4-7-14/h5,8-9,11-14,17H,3-4,6-7,10H2,1-2H3/t12-,13-/m0/s1. The van der Waals surface area contributed by atoms with Gasteiger partial charge in [-0.05, 0) is 32.8 Å².